The molecule has 0 spiro atoms. The number of nitrogens with zero attached hydrogens (tertiary/aromatic N) is 1. The van der Waals surface area contributed by atoms with Crippen molar-refractivity contribution in [3.05, 3.63) is 59.4 Å². The normalized spacial score (nSPS) is 12.8. The summed E-state index contributed by atoms with van der Waals surface area (Å²) in [5, 5.41) is 2.78. The Morgan fingerprint density at radius 3 is 2.26 bits per heavy atom. The zero-order valence-electron chi connectivity index (χ0n) is 15.8. The van der Waals surface area contributed by atoms with Crippen molar-refractivity contribution in [2.75, 3.05) is 6.61 Å². The second-order valence-corrected chi connectivity index (χ2v) is 6.07. The Bertz CT molecular complexity index is 916. The first kappa shape index (κ1) is 24.2. The minimum absolute atomic E-state index is 0.0222. The summed E-state index contributed by atoms with van der Waals surface area (Å²) in [6.07, 6.45) is -5.86. The van der Waals surface area contributed by atoms with E-state index < -0.39 is 24.0 Å². The van der Waals surface area contributed by atoms with Gasteiger partial charge in [-0.3, -0.25) is 0 Å². The number of hydrogen-bond acceptors (Lipinski definition) is 4. The second kappa shape index (κ2) is 9.40. The Balaban J connectivity index is 2.13. The van der Waals surface area contributed by atoms with Crippen molar-refractivity contribution in [3.8, 4) is 11.5 Å². The van der Waals surface area contributed by atoms with Crippen molar-refractivity contribution in [1.29, 1.82) is 0 Å². The minimum atomic E-state index is -6.47. The van der Waals surface area contributed by atoms with Gasteiger partial charge in [0.05, 0.1) is 12.8 Å². The molecule has 2 aromatic rings. The van der Waals surface area contributed by atoms with Gasteiger partial charge in [-0.05, 0) is 48.4 Å². The predicted molar refractivity (Wildman–Crippen MR) is 95.0 cm³/mol. The molecular formula is C19H16F8N2O2. The number of hydrogen-bond donors (Lipinski definition) is 1. The van der Waals surface area contributed by atoms with Crippen LogP contribution in [0, 0.1) is 5.82 Å². The van der Waals surface area contributed by atoms with Gasteiger partial charge in [0.2, 0.25) is 0 Å². The largest absolute Gasteiger partial charge is 0.490 e. The molecule has 0 aliphatic carbocycles. The Hall–Kier alpha value is -3.05. The first-order valence-corrected chi connectivity index (χ1v) is 8.64. The molecule has 0 aromatic heterocycles. The molecule has 0 atom stereocenters. The van der Waals surface area contributed by atoms with Gasteiger partial charge in [0, 0.05) is 0 Å². The molecule has 2 rings (SSSR count). The SMILES string of the molecule is CCOc1cc(/C=N/NC(F)(F)C(F)(F)C(F)(F)F)ccc1OCc1cccc(F)c1. The number of benzene rings is 2. The average molecular weight is 456 g/mol. The fraction of sp³-hybridized carbons (Fsp3) is 0.316. The molecule has 0 bridgehead atoms. The van der Waals surface area contributed by atoms with Crippen LogP contribution in [0.5, 0.6) is 11.5 Å². The quantitative estimate of drug-likeness (QED) is 0.234. The highest BCUT2D eigenvalue weighted by atomic mass is 19.4. The van der Waals surface area contributed by atoms with Crippen LogP contribution in [-0.2, 0) is 6.61 Å². The fourth-order valence-electron chi connectivity index (χ4n) is 2.22. The standard InChI is InChI=1S/C19H16F8N2O2/c1-2-30-16-9-12(10-28-29-19(26,27)17(21,22)18(23,24)25)6-7-15(16)31-11-13-4-3-5-14(20)8-13/h3-10,29H,2,11H2,1H3/b28-10+. The Morgan fingerprint density at radius 2 is 1.65 bits per heavy atom. The molecule has 12 heteroatoms. The molecule has 1 N–H and O–H groups in total. The van der Waals surface area contributed by atoms with Crippen LogP contribution in [0.1, 0.15) is 18.1 Å². The monoisotopic (exact) mass is 456 g/mol. The molecule has 0 heterocycles. The molecule has 0 amide bonds. The molecule has 0 aliphatic heterocycles. The summed E-state index contributed by atoms with van der Waals surface area (Å²) >= 11 is 0. The van der Waals surface area contributed by atoms with Gasteiger partial charge in [0.1, 0.15) is 12.4 Å². The minimum Gasteiger partial charge on any atom is -0.490 e. The van der Waals surface area contributed by atoms with Crippen LogP contribution in [0.15, 0.2) is 47.6 Å². The third kappa shape index (κ3) is 5.98. The number of rotatable bonds is 9. The highest BCUT2D eigenvalue weighted by molar-refractivity contribution is 5.80. The zero-order valence-corrected chi connectivity index (χ0v) is 15.8. The zero-order chi connectivity index (χ0) is 23.3. The van der Waals surface area contributed by atoms with E-state index in [0.29, 0.717) is 17.2 Å². The summed E-state index contributed by atoms with van der Waals surface area (Å²) < 4.78 is 112. The predicted octanol–water partition coefficient (Wildman–Crippen LogP) is 5.52. The number of nitrogens with one attached hydrogen (secondary N) is 1. The van der Waals surface area contributed by atoms with E-state index in [1.807, 2.05) is 0 Å². The van der Waals surface area contributed by atoms with Crippen molar-refractivity contribution in [3.63, 3.8) is 0 Å². The van der Waals surface area contributed by atoms with E-state index in [-0.39, 0.29) is 30.3 Å². The number of hydrazone groups is 1. The molecule has 4 nitrogen and oxygen atoms in total. The van der Waals surface area contributed by atoms with E-state index in [9.17, 15) is 35.1 Å². The molecule has 2 aromatic carbocycles. The molecule has 0 saturated heterocycles. The van der Waals surface area contributed by atoms with Gasteiger partial charge in [-0.25, -0.2) is 9.82 Å². The maximum Gasteiger partial charge on any atom is 0.462 e. The van der Waals surface area contributed by atoms with Gasteiger partial charge >= 0.3 is 18.1 Å². The first-order chi connectivity index (χ1) is 14.4. The highest BCUT2D eigenvalue weighted by Crippen LogP contribution is 2.45. The summed E-state index contributed by atoms with van der Waals surface area (Å²) in [6, 6.07) is 3.81. The van der Waals surface area contributed by atoms with E-state index in [1.54, 1.807) is 13.0 Å². The van der Waals surface area contributed by atoms with Crippen molar-refractivity contribution in [1.82, 2.24) is 5.43 Å². The Morgan fingerprint density at radius 1 is 0.935 bits per heavy atom. The topological polar surface area (TPSA) is 42.8 Å². The van der Waals surface area contributed by atoms with Gasteiger partial charge in [-0.2, -0.15) is 35.8 Å². The highest BCUT2D eigenvalue weighted by Gasteiger charge is 2.73. The first-order valence-electron chi connectivity index (χ1n) is 8.64. The summed E-state index contributed by atoms with van der Waals surface area (Å²) in [7, 11) is 0. The fourth-order valence-corrected chi connectivity index (χ4v) is 2.22. The van der Waals surface area contributed by atoms with Crippen LogP contribution >= 0.6 is 0 Å². The van der Waals surface area contributed by atoms with E-state index in [2.05, 4.69) is 5.10 Å². The smallest absolute Gasteiger partial charge is 0.462 e. The van der Waals surface area contributed by atoms with Crippen molar-refractivity contribution < 1.29 is 44.6 Å². The van der Waals surface area contributed by atoms with Crippen LogP contribution in [0.3, 0.4) is 0 Å². The van der Waals surface area contributed by atoms with E-state index in [0.717, 1.165) is 0 Å². The molecule has 0 aliphatic rings. The number of alkyl halides is 7. The molecular weight excluding hydrogens is 440 g/mol. The van der Waals surface area contributed by atoms with Gasteiger partial charge < -0.3 is 9.47 Å². The van der Waals surface area contributed by atoms with E-state index in [1.165, 1.54) is 36.4 Å². The van der Waals surface area contributed by atoms with Gasteiger partial charge in [0.25, 0.3) is 0 Å². The Kier molecular flexibility index (Phi) is 7.34. The molecule has 0 radical (unpaired) electrons. The summed E-state index contributed by atoms with van der Waals surface area (Å²) in [4.78, 5) is 0. The molecule has 170 valence electrons. The average Bonchev–Trinajstić information content (AvgIpc) is 2.66. The van der Waals surface area contributed by atoms with Gasteiger partial charge in [-0.15, -0.1) is 0 Å². The van der Waals surface area contributed by atoms with Gasteiger partial charge in [0.15, 0.2) is 11.5 Å². The maximum atomic E-state index is 13.2. The van der Waals surface area contributed by atoms with E-state index in [4.69, 9.17) is 9.47 Å². The molecule has 31 heavy (non-hydrogen) atoms. The van der Waals surface area contributed by atoms with E-state index >= 15 is 0 Å². The third-order valence-electron chi connectivity index (χ3n) is 3.72. The lowest BCUT2D eigenvalue weighted by Crippen LogP contribution is -2.58. The van der Waals surface area contributed by atoms with Crippen molar-refractivity contribution in [2.24, 2.45) is 5.10 Å². The summed E-state index contributed by atoms with van der Waals surface area (Å²) in [5.74, 6) is -6.47. The number of ether oxygens (including phenoxy) is 2. The second-order valence-electron chi connectivity index (χ2n) is 6.07. The van der Waals surface area contributed by atoms with Crippen LogP contribution < -0.4 is 14.9 Å². The number of halogens is 8. The maximum absolute atomic E-state index is 13.2. The molecule has 0 unspecified atom stereocenters. The lowest BCUT2D eigenvalue weighted by molar-refractivity contribution is -0.361. The van der Waals surface area contributed by atoms with Gasteiger partial charge in [-0.1, -0.05) is 12.1 Å². The lowest BCUT2D eigenvalue weighted by atomic mass is 10.2. The molecule has 0 fully saturated rings. The summed E-state index contributed by atoms with van der Waals surface area (Å²) in [6.45, 7) is 1.79. The summed E-state index contributed by atoms with van der Waals surface area (Å²) in [5.41, 5.74) is 1.09. The van der Waals surface area contributed by atoms with Crippen LogP contribution in [0.4, 0.5) is 35.1 Å². The van der Waals surface area contributed by atoms with Crippen molar-refractivity contribution >= 4 is 6.21 Å². The Labute approximate surface area is 171 Å². The molecule has 0 saturated carbocycles. The lowest BCUT2D eigenvalue weighted by Gasteiger charge is -2.27. The third-order valence-corrected chi connectivity index (χ3v) is 3.72. The van der Waals surface area contributed by atoms with Crippen LogP contribution in [0.25, 0.3) is 0 Å². The van der Waals surface area contributed by atoms with Crippen molar-refractivity contribution in [2.45, 2.75) is 31.7 Å². The van der Waals surface area contributed by atoms with Crippen LogP contribution in [0.2, 0.25) is 0 Å². The van der Waals surface area contributed by atoms with Crippen LogP contribution in [-0.4, -0.2) is 31.0 Å².